The summed E-state index contributed by atoms with van der Waals surface area (Å²) in [5.41, 5.74) is 4.01. The molecule has 4 heteroatoms. The van der Waals surface area contributed by atoms with E-state index < -0.39 is 17.2 Å². The number of halogens is 3. The molecule has 130 valence electrons. The minimum Gasteiger partial charge on any atom is -0.456 e. The Morgan fingerprint density at radius 1 is 0.769 bits per heavy atom. The molecule has 0 N–H and O–H groups in total. The third-order valence-electron chi connectivity index (χ3n) is 5.50. The van der Waals surface area contributed by atoms with Crippen molar-refractivity contribution in [1.82, 2.24) is 0 Å². The molecular formula is C22H15F3O. The first-order valence-electron chi connectivity index (χ1n) is 8.45. The zero-order valence-corrected chi connectivity index (χ0v) is 14.2. The standard InChI is InChI=1S/C22H15F3O/c1-21(2)17-9-12(22(23,24)25)7-8-13(17)15-11-20-16(10-18(15)21)14-5-3-4-6-19(14)26-20/h3-11H,1-2H3. The number of alkyl halides is 3. The van der Waals surface area contributed by atoms with Crippen molar-refractivity contribution >= 4 is 21.9 Å². The van der Waals surface area contributed by atoms with E-state index in [-0.39, 0.29) is 0 Å². The maximum Gasteiger partial charge on any atom is 0.416 e. The van der Waals surface area contributed by atoms with Gasteiger partial charge in [-0.2, -0.15) is 13.2 Å². The fourth-order valence-electron chi connectivity index (χ4n) is 4.13. The molecule has 0 amide bonds. The average molecular weight is 352 g/mol. The van der Waals surface area contributed by atoms with E-state index in [1.807, 2.05) is 44.2 Å². The van der Waals surface area contributed by atoms with Crippen LogP contribution in [0.25, 0.3) is 33.1 Å². The lowest BCUT2D eigenvalue weighted by atomic mass is 9.81. The van der Waals surface area contributed by atoms with Crippen molar-refractivity contribution < 1.29 is 17.6 Å². The van der Waals surface area contributed by atoms with E-state index in [0.29, 0.717) is 5.56 Å². The molecule has 1 heterocycles. The number of para-hydroxylation sites is 1. The summed E-state index contributed by atoms with van der Waals surface area (Å²) in [6.45, 7) is 3.96. The Hall–Kier alpha value is -2.75. The van der Waals surface area contributed by atoms with Crippen LogP contribution in [0, 0.1) is 0 Å². The summed E-state index contributed by atoms with van der Waals surface area (Å²) in [7, 11) is 0. The summed E-state index contributed by atoms with van der Waals surface area (Å²) in [5, 5.41) is 2.02. The van der Waals surface area contributed by atoms with Gasteiger partial charge < -0.3 is 4.42 Å². The Bertz CT molecular complexity index is 1200. The van der Waals surface area contributed by atoms with Crippen LogP contribution in [0.5, 0.6) is 0 Å². The molecule has 4 aromatic rings. The Balaban J connectivity index is 1.82. The maximum atomic E-state index is 13.2. The van der Waals surface area contributed by atoms with Crippen LogP contribution in [0.1, 0.15) is 30.5 Å². The minimum absolute atomic E-state index is 0.501. The Kier molecular flexibility index (Phi) is 2.80. The second-order valence-electron chi connectivity index (χ2n) is 7.38. The monoisotopic (exact) mass is 352 g/mol. The van der Waals surface area contributed by atoms with Gasteiger partial charge in [-0.1, -0.05) is 38.1 Å². The van der Waals surface area contributed by atoms with Gasteiger partial charge in [0.25, 0.3) is 0 Å². The highest BCUT2D eigenvalue weighted by atomic mass is 19.4. The molecule has 0 spiro atoms. The van der Waals surface area contributed by atoms with E-state index in [2.05, 4.69) is 6.07 Å². The zero-order valence-electron chi connectivity index (χ0n) is 14.2. The quantitative estimate of drug-likeness (QED) is 0.335. The second-order valence-corrected chi connectivity index (χ2v) is 7.38. The van der Waals surface area contributed by atoms with E-state index >= 15 is 0 Å². The summed E-state index contributed by atoms with van der Waals surface area (Å²) in [6.07, 6.45) is -4.34. The fourth-order valence-corrected chi connectivity index (χ4v) is 4.13. The lowest BCUT2D eigenvalue weighted by Crippen LogP contribution is -2.16. The Morgan fingerprint density at radius 2 is 1.50 bits per heavy atom. The van der Waals surface area contributed by atoms with E-state index in [1.165, 1.54) is 6.07 Å². The van der Waals surface area contributed by atoms with Crippen molar-refractivity contribution in [3.05, 3.63) is 71.3 Å². The van der Waals surface area contributed by atoms with Gasteiger partial charge >= 0.3 is 6.18 Å². The molecule has 0 atom stereocenters. The largest absolute Gasteiger partial charge is 0.456 e. The molecule has 5 rings (SSSR count). The topological polar surface area (TPSA) is 13.1 Å². The fraction of sp³-hybridized carbons (Fsp3) is 0.182. The van der Waals surface area contributed by atoms with Crippen molar-refractivity contribution in [2.24, 2.45) is 0 Å². The number of fused-ring (bicyclic) bond motifs is 6. The van der Waals surface area contributed by atoms with Crippen molar-refractivity contribution in [2.75, 3.05) is 0 Å². The van der Waals surface area contributed by atoms with Crippen LogP contribution in [0.2, 0.25) is 0 Å². The minimum atomic E-state index is -4.34. The summed E-state index contributed by atoms with van der Waals surface area (Å²) < 4.78 is 45.5. The highest BCUT2D eigenvalue weighted by Gasteiger charge is 2.39. The van der Waals surface area contributed by atoms with Crippen LogP contribution in [-0.2, 0) is 11.6 Å². The Labute approximate surface area is 148 Å². The van der Waals surface area contributed by atoms with Crippen LogP contribution in [-0.4, -0.2) is 0 Å². The van der Waals surface area contributed by atoms with Crippen LogP contribution in [0.3, 0.4) is 0 Å². The van der Waals surface area contributed by atoms with Crippen LogP contribution >= 0.6 is 0 Å². The molecule has 1 aliphatic carbocycles. The van der Waals surface area contributed by atoms with Crippen molar-refractivity contribution in [3.63, 3.8) is 0 Å². The summed E-state index contributed by atoms with van der Waals surface area (Å²) in [6, 6.07) is 15.9. The molecule has 26 heavy (non-hydrogen) atoms. The first-order chi connectivity index (χ1) is 12.3. The van der Waals surface area contributed by atoms with Gasteiger partial charge in [0.15, 0.2) is 0 Å². The predicted octanol–water partition coefficient (Wildman–Crippen LogP) is 6.91. The molecule has 0 unspecified atom stereocenters. The van der Waals surface area contributed by atoms with Gasteiger partial charge in [0.2, 0.25) is 0 Å². The molecule has 1 aliphatic rings. The molecule has 0 saturated heterocycles. The van der Waals surface area contributed by atoms with Gasteiger partial charge in [-0.25, -0.2) is 0 Å². The first-order valence-corrected chi connectivity index (χ1v) is 8.45. The molecule has 0 fully saturated rings. The summed E-state index contributed by atoms with van der Waals surface area (Å²) in [5.74, 6) is 0. The lowest BCUT2D eigenvalue weighted by Gasteiger charge is -2.22. The van der Waals surface area contributed by atoms with E-state index in [0.717, 1.165) is 44.7 Å². The molecule has 0 radical (unpaired) electrons. The van der Waals surface area contributed by atoms with Gasteiger partial charge in [0.1, 0.15) is 11.2 Å². The first kappa shape index (κ1) is 15.5. The van der Waals surface area contributed by atoms with Gasteiger partial charge in [0, 0.05) is 16.2 Å². The number of benzene rings is 3. The van der Waals surface area contributed by atoms with Gasteiger partial charge in [-0.05, 0) is 52.6 Å². The van der Waals surface area contributed by atoms with E-state index in [1.54, 1.807) is 6.07 Å². The molecule has 1 aromatic heterocycles. The average Bonchev–Trinajstić information content (AvgIpc) is 3.06. The van der Waals surface area contributed by atoms with Crippen LogP contribution in [0.15, 0.2) is 59.0 Å². The zero-order chi connectivity index (χ0) is 18.3. The number of hydrogen-bond donors (Lipinski definition) is 0. The normalized spacial score (nSPS) is 15.4. The predicted molar refractivity (Wildman–Crippen MR) is 96.3 cm³/mol. The van der Waals surface area contributed by atoms with Crippen LogP contribution in [0.4, 0.5) is 13.2 Å². The molecule has 1 nitrogen and oxygen atoms in total. The molecule has 3 aromatic carbocycles. The summed E-state index contributed by atoms with van der Waals surface area (Å²) in [4.78, 5) is 0. The number of furan rings is 1. The third kappa shape index (κ3) is 1.93. The lowest BCUT2D eigenvalue weighted by molar-refractivity contribution is -0.137. The van der Waals surface area contributed by atoms with Crippen molar-refractivity contribution in [2.45, 2.75) is 25.4 Å². The smallest absolute Gasteiger partial charge is 0.416 e. The maximum absolute atomic E-state index is 13.2. The van der Waals surface area contributed by atoms with Gasteiger partial charge in [-0.15, -0.1) is 0 Å². The summed E-state index contributed by atoms with van der Waals surface area (Å²) >= 11 is 0. The van der Waals surface area contributed by atoms with Crippen LogP contribution < -0.4 is 0 Å². The third-order valence-corrected chi connectivity index (χ3v) is 5.50. The van der Waals surface area contributed by atoms with Gasteiger partial charge in [0.05, 0.1) is 5.56 Å². The SMILES string of the molecule is CC1(C)c2cc(C(F)(F)F)ccc2-c2cc3oc4ccccc4c3cc21. The highest BCUT2D eigenvalue weighted by molar-refractivity contribution is 6.07. The molecular weight excluding hydrogens is 337 g/mol. The number of rotatable bonds is 0. The highest BCUT2D eigenvalue weighted by Crippen LogP contribution is 2.51. The molecule has 0 saturated carbocycles. The Morgan fingerprint density at radius 3 is 2.27 bits per heavy atom. The molecule has 0 bridgehead atoms. The number of hydrogen-bond acceptors (Lipinski definition) is 1. The second kappa shape index (κ2) is 4.70. The van der Waals surface area contributed by atoms with Gasteiger partial charge in [-0.3, -0.25) is 0 Å². The van der Waals surface area contributed by atoms with E-state index in [4.69, 9.17) is 4.42 Å². The van der Waals surface area contributed by atoms with E-state index in [9.17, 15) is 13.2 Å². The molecule has 0 aliphatic heterocycles. The van der Waals surface area contributed by atoms with Crippen molar-refractivity contribution in [1.29, 1.82) is 0 Å². The van der Waals surface area contributed by atoms with Crippen molar-refractivity contribution in [3.8, 4) is 11.1 Å².